The predicted molar refractivity (Wildman–Crippen MR) is 103 cm³/mol. The van der Waals surface area contributed by atoms with Gasteiger partial charge < -0.3 is 9.64 Å². The van der Waals surface area contributed by atoms with E-state index in [9.17, 15) is 4.79 Å². The third-order valence-corrected chi connectivity index (χ3v) is 6.50. The molecule has 0 N–H and O–H groups in total. The average molecular weight is 357 g/mol. The Kier molecular flexibility index (Phi) is 5.60. The van der Waals surface area contributed by atoms with Crippen LogP contribution in [0.25, 0.3) is 0 Å². The molecule has 0 aromatic heterocycles. The second-order valence-corrected chi connectivity index (χ2v) is 8.32. The highest BCUT2D eigenvalue weighted by atomic mass is 16.5. The Hall–Kier alpha value is -1.39. The topological polar surface area (TPSA) is 32.8 Å². The lowest BCUT2D eigenvalue weighted by Gasteiger charge is -2.44. The molecule has 4 rings (SSSR count). The Balaban J connectivity index is 1.44. The first-order valence-corrected chi connectivity index (χ1v) is 10.4. The highest BCUT2D eigenvalue weighted by Gasteiger charge is 2.38. The SMILES string of the molecule is CC(C1CC1)N(CC(=O)N1CCOC2CCCCC21)Cc1ccccc1. The molecular weight excluding hydrogens is 324 g/mol. The fourth-order valence-electron chi connectivity index (χ4n) is 4.71. The molecule has 1 aromatic rings. The van der Waals surface area contributed by atoms with Gasteiger partial charge in [0.25, 0.3) is 0 Å². The molecule has 0 radical (unpaired) electrons. The number of ether oxygens (including phenoxy) is 1. The van der Waals surface area contributed by atoms with Gasteiger partial charge in [-0.25, -0.2) is 0 Å². The first kappa shape index (κ1) is 18.0. The van der Waals surface area contributed by atoms with Crippen molar-refractivity contribution in [2.24, 2.45) is 5.92 Å². The van der Waals surface area contributed by atoms with Crippen molar-refractivity contribution in [3.05, 3.63) is 35.9 Å². The highest BCUT2D eigenvalue weighted by Crippen LogP contribution is 2.36. The van der Waals surface area contributed by atoms with Crippen LogP contribution in [-0.2, 0) is 16.1 Å². The van der Waals surface area contributed by atoms with Crippen LogP contribution in [-0.4, -0.2) is 53.6 Å². The maximum Gasteiger partial charge on any atom is 0.237 e. The summed E-state index contributed by atoms with van der Waals surface area (Å²) in [6.45, 7) is 5.16. The summed E-state index contributed by atoms with van der Waals surface area (Å²) in [6, 6.07) is 11.4. The standard InChI is InChI=1S/C22H32N2O2/c1-17(19-11-12-19)23(15-18-7-3-2-4-8-18)16-22(25)24-13-14-26-21-10-6-5-9-20(21)24/h2-4,7-8,17,19-21H,5-6,9-16H2,1H3. The van der Waals surface area contributed by atoms with Crippen LogP contribution in [0.3, 0.4) is 0 Å². The molecule has 1 aromatic carbocycles. The minimum absolute atomic E-state index is 0.268. The lowest BCUT2D eigenvalue weighted by Crippen LogP contribution is -2.57. The van der Waals surface area contributed by atoms with E-state index in [1.165, 1.54) is 31.2 Å². The van der Waals surface area contributed by atoms with Gasteiger partial charge >= 0.3 is 0 Å². The average Bonchev–Trinajstić information content (AvgIpc) is 3.52. The molecule has 26 heavy (non-hydrogen) atoms. The molecule has 1 heterocycles. The predicted octanol–water partition coefficient (Wildman–Crippen LogP) is 3.46. The largest absolute Gasteiger partial charge is 0.374 e. The first-order chi connectivity index (χ1) is 12.7. The second-order valence-electron chi connectivity index (χ2n) is 8.32. The molecule has 4 nitrogen and oxygen atoms in total. The summed E-state index contributed by atoms with van der Waals surface area (Å²) in [6.07, 6.45) is 7.56. The normalized spacial score (nSPS) is 27.2. The molecule has 1 amide bonds. The van der Waals surface area contributed by atoms with Gasteiger partial charge in [-0.3, -0.25) is 9.69 Å². The number of hydrogen-bond donors (Lipinski definition) is 0. The summed E-state index contributed by atoms with van der Waals surface area (Å²) in [4.78, 5) is 17.8. The number of rotatable bonds is 6. The van der Waals surface area contributed by atoms with Crippen LogP contribution in [0.4, 0.5) is 0 Å². The van der Waals surface area contributed by atoms with Crippen molar-refractivity contribution in [2.75, 3.05) is 19.7 Å². The molecule has 3 atom stereocenters. The fraction of sp³-hybridized carbons (Fsp3) is 0.682. The van der Waals surface area contributed by atoms with E-state index in [1.54, 1.807) is 0 Å². The number of benzene rings is 1. The summed E-state index contributed by atoms with van der Waals surface area (Å²) < 4.78 is 5.95. The molecule has 3 unspecified atom stereocenters. The van der Waals surface area contributed by atoms with E-state index in [-0.39, 0.29) is 6.10 Å². The minimum atomic E-state index is 0.268. The van der Waals surface area contributed by atoms with Gasteiger partial charge in [-0.05, 0) is 44.1 Å². The lowest BCUT2D eigenvalue weighted by atomic mass is 9.90. The number of hydrogen-bond acceptors (Lipinski definition) is 3. The number of carbonyl (C=O) groups excluding carboxylic acids is 1. The number of amides is 1. The van der Waals surface area contributed by atoms with Crippen LogP contribution < -0.4 is 0 Å². The van der Waals surface area contributed by atoms with Crippen molar-refractivity contribution in [2.45, 2.75) is 70.2 Å². The van der Waals surface area contributed by atoms with Crippen LogP contribution in [0.5, 0.6) is 0 Å². The van der Waals surface area contributed by atoms with Crippen molar-refractivity contribution >= 4 is 5.91 Å². The Bertz CT molecular complexity index is 599. The van der Waals surface area contributed by atoms with E-state index in [0.717, 1.165) is 31.8 Å². The molecule has 2 saturated carbocycles. The number of fused-ring (bicyclic) bond motifs is 1. The number of nitrogens with zero attached hydrogens (tertiary/aromatic N) is 2. The van der Waals surface area contributed by atoms with Crippen molar-refractivity contribution in [3.8, 4) is 0 Å². The number of morpholine rings is 1. The van der Waals surface area contributed by atoms with Crippen molar-refractivity contribution in [1.29, 1.82) is 0 Å². The lowest BCUT2D eigenvalue weighted by molar-refractivity contribution is -0.151. The zero-order chi connectivity index (χ0) is 17.9. The zero-order valence-electron chi connectivity index (χ0n) is 16.0. The maximum absolute atomic E-state index is 13.2. The third-order valence-electron chi connectivity index (χ3n) is 6.50. The van der Waals surface area contributed by atoms with E-state index in [2.05, 4.69) is 47.1 Å². The molecule has 3 aliphatic rings. The van der Waals surface area contributed by atoms with Gasteiger partial charge in [0.05, 0.1) is 25.3 Å². The molecule has 0 bridgehead atoms. The Labute approximate surface area is 157 Å². The van der Waals surface area contributed by atoms with Gasteiger partial charge in [0.1, 0.15) is 0 Å². The second kappa shape index (κ2) is 8.10. The van der Waals surface area contributed by atoms with Crippen LogP contribution >= 0.6 is 0 Å². The van der Waals surface area contributed by atoms with Gasteiger partial charge in [0.2, 0.25) is 5.91 Å². The van der Waals surface area contributed by atoms with Crippen molar-refractivity contribution in [1.82, 2.24) is 9.80 Å². The molecule has 3 fully saturated rings. The van der Waals surface area contributed by atoms with Crippen LogP contribution in [0.1, 0.15) is 51.0 Å². The number of carbonyl (C=O) groups is 1. The Morgan fingerprint density at radius 1 is 1.19 bits per heavy atom. The molecule has 142 valence electrons. The molecular formula is C22H32N2O2. The van der Waals surface area contributed by atoms with E-state index < -0.39 is 0 Å². The quantitative estimate of drug-likeness (QED) is 0.783. The van der Waals surface area contributed by atoms with E-state index in [4.69, 9.17) is 4.74 Å². The minimum Gasteiger partial charge on any atom is -0.374 e. The molecule has 1 saturated heterocycles. The summed E-state index contributed by atoms with van der Waals surface area (Å²) in [5, 5.41) is 0. The van der Waals surface area contributed by atoms with Crippen molar-refractivity contribution in [3.63, 3.8) is 0 Å². The van der Waals surface area contributed by atoms with Crippen LogP contribution in [0.2, 0.25) is 0 Å². The molecule has 0 spiro atoms. The van der Waals surface area contributed by atoms with Gasteiger partial charge in [0.15, 0.2) is 0 Å². The molecule has 2 aliphatic carbocycles. The molecule has 1 aliphatic heterocycles. The Morgan fingerprint density at radius 2 is 1.96 bits per heavy atom. The summed E-state index contributed by atoms with van der Waals surface area (Å²) in [5.41, 5.74) is 1.30. The van der Waals surface area contributed by atoms with E-state index in [0.29, 0.717) is 31.1 Å². The first-order valence-electron chi connectivity index (χ1n) is 10.4. The monoisotopic (exact) mass is 356 g/mol. The van der Waals surface area contributed by atoms with Crippen molar-refractivity contribution < 1.29 is 9.53 Å². The van der Waals surface area contributed by atoms with Crippen LogP contribution in [0, 0.1) is 5.92 Å². The highest BCUT2D eigenvalue weighted by molar-refractivity contribution is 5.79. The summed E-state index contributed by atoms with van der Waals surface area (Å²) in [5.74, 6) is 1.06. The molecule has 4 heteroatoms. The van der Waals surface area contributed by atoms with Gasteiger partial charge in [0, 0.05) is 19.1 Å². The van der Waals surface area contributed by atoms with E-state index >= 15 is 0 Å². The van der Waals surface area contributed by atoms with Gasteiger partial charge in [-0.15, -0.1) is 0 Å². The zero-order valence-corrected chi connectivity index (χ0v) is 16.0. The fourth-order valence-corrected chi connectivity index (χ4v) is 4.71. The summed E-state index contributed by atoms with van der Waals surface area (Å²) in [7, 11) is 0. The Morgan fingerprint density at radius 3 is 2.73 bits per heavy atom. The maximum atomic E-state index is 13.2. The van der Waals surface area contributed by atoms with E-state index in [1.807, 2.05) is 0 Å². The summed E-state index contributed by atoms with van der Waals surface area (Å²) >= 11 is 0. The van der Waals surface area contributed by atoms with Gasteiger partial charge in [-0.2, -0.15) is 0 Å². The smallest absolute Gasteiger partial charge is 0.237 e. The van der Waals surface area contributed by atoms with Crippen LogP contribution in [0.15, 0.2) is 30.3 Å². The third kappa shape index (κ3) is 4.12. The van der Waals surface area contributed by atoms with Gasteiger partial charge in [-0.1, -0.05) is 43.2 Å².